The monoisotopic (exact) mass is 421 g/mol. The molecule has 5 nitrogen and oxygen atoms in total. The molecule has 1 heterocycles. The van der Waals surface area contributed by atoms with E-state index < -0.39 is 0 Å². The molecular formula is C26H31NO4. The molecule has 0 aromatic heterocycles. The van der Waals surface area contributed by atoms with Gasteiger partial charge in [0.25, 0.3) is 0 Å². The van der Waals surface area contributed by atoms with Crippen molar-refractivity contribution >= 4 is 10.8 Å². The summed E-state index contributed by atoms with van der Waals surface area (Å²) in [7, 11) is 7.09. The van der Waals surface area contributed by atoms with Crippen molar-refractivity contribution in [1.29, 1.82) is 0 Å². The number of hydrogen-bond donors (Lipinski definition) is 1. The van der Waals surface area contributed by atoms with Crippen molar-refractivity contribution < 1.29 is 19.3 Å². The van der Waals surface area contributed by atoms with E-state index in [1.807, 2.05) is 31.2 Å². The van der Waals surface area contributed by atoms with E-state index >= 15 is 0 Å². The fraction of sp³-hybridized carbons (Fsp3) is 0.385. The van der Waals surface area contributed by atoms with Crippen molar-refractivity contribution in [2.24, 2.45) is 0 Å². The SMILES string of the molecule is COc1cc2c(c(O)c1-c1c(C)cc(OC)c3c(OC)cccc13)C(C)N(C)C(C)C2. The molecular weight excluding hydrogens is 390 g/mol. The van der Waals surface area contributed by atoms with Crippen LogP contribution in [-0.4, -0.2) is 44.4 Å². The molecule has 0 spiro atoms. The summed E-state index contributed by atoms with van der Waals surface area (Å²) in [6.07, 6.45) is 0.872. The van der Waals surface area contributed by atoms with Crippen LogP contribution in [-0.2, 0) is 6.42 Å². The lowest BCUT2D eigenvalue weighted by Crippen LogP contribution is -2.38. The molecule has 31 heavy (non-hydrogen) atoms. The number of methoxy groups -OCH3 is 3. The molecule has 5 heteroatoms. The average Bonchev–Trinajstić information content (AvgIpc) is 2.76. The minimum atomic E-state index is 0.0998. The van der Waals surface area contributed by atoms with Gasteiger partial charge in [-0.3, -0.25) is 4.90 Å². The summed E-state index contributed by atoms with van der Waals surface area (Å²) in [5.41, 5.74) is 4.76. The van der Waals surface area contributed by atoms with Crippen LogP contribution in [0, 0.1) is 6.92 Å². The Labute approximate surface area is 184 Å². The molecule has 0 saturated carbocycles. The molecule has 0 bridgehead atoms. The maximum atomic E-state index is 11.6. The molecule has 0 saturated heterocycles. The van der Waals surface area contributed by atoms with Crippen molar-refractivity contribution in [2.45, 2.75) is 39.3 Å². The van der Waals surface area contributed by atoms with Gasteiger partial charge in [-0.1, -0.05) is 12.1 Å². The summed E-state index contributed by atoms with van der Waals surface area (Å²) in [5.74, 6) is 2.44. The summed E-state index contributed by atoms with van der Waals surface area (Å²) in [4.78, 5) is 2.31. The van der Waals surface area contributed by atoms with Crippen LogP contribution >= 0.6 is 0 Å². The van der Waals surface area contributed by atoms with Crippen molar-refractivity contribution in [3.63, 3.8) is 0 Å². The van der Waals surface area contributed by atoms with Crippen molar-refractivity contribution in [3.8, 4) is 34.1 Å². The van der Waals surface area contributed by atoms with Crippen molar-refractivity contribution in [2.75, 3.05) is 28.4 Å². The number of likely N-dealkylation sites (N-methyl/N-ethyl adjacent to an activating group) is 1. The summed E-state index contributed by atoms with van der Waals surface area (Å²) >= 11 is 0. The van der Waals surface area contributed by atoms with Crippen LogP contribution in [0.5, 0.6) is 23.0 Å². The highest BCUT2D eigenvalue weighted by Gasteiger charge is 2.33. The zero-order valence-electron chi connectivity index (χ0n) is 19.4. The Morgan fingerprint density at radius 1 is 0.935 bits per heavy atom. The van der Waals surface area contributed by atoms with E-state index in [-0.39, 0.29) is 11.8 Å². The molecule has 4 rings (SSSR count). The number of phenols is 1. The fourth-order valence-corrected chi connectivity index (χ4v) is 5.01. The predicted octanol–water partition coefficient (Wildman–Crippen LogP) is 5.48. The number of phenolic OH excluding ortho intramolecular Hbond substituents is 1. The molecule has 3 aromatic rings. The van der Waals surface area contributed by atoms with Crippen LogP contribution < -0.4 is 14.2 Å². The van der Waals surface area contributed by atoms with Crippen LogP contribution in [0.25, 0.3) is 21.9 Å². The summed E-state index contributed by atoms with van der Waals surface area (Å²) in [6, 6.07) is 10.5. The number of benzene rings is 3. The number of nitrogens with zero attached hydrogens (tertiary/aromatic N) is 1. The van der Waals surface area contributed by atoms with Crippen LogP contribution in [0.15, 0.2) is 30.3 Å². The smallest absolute Gasteiger partial charge is 0.132 e. The second kappa shape index (κ2) is 7.97. The highest BCUT2D eigenvalue weighted by atomic mass is 16.5. The maximum Gasteiger partial charge on any atom is 0.132 e. The van der Waals surface area contributed by atoms with Gasteiger partial charge in [0.2, 0.25) is 0 Å². The Morgan fingerprint density at radius 2 is 1.61 bits per heavy atom. The first-order valence-electron chi connectivity index (χ1n) is 10.6. The fourth-order valence-electron chi connectivity index (χ4n) is 5.01. The molecule has 0 fully saturated rings. The minimum absolute atomic E-state index is 0.0998. The molecule has 1 aliphatic heterocycles. The lowest BCUT2D eigenvalue weighted by atomic mass is 9.84. The van der Waals surface area contributed by atoms with Gasteiger partial charge in [0.05, 0.1) is 32.3 Å². The van der Waals surface area contributed by atoms with E-state index in [4.69, 9.17) is 14.2 Å². The van der Waals surface area contributed by atoms with Gasteiger partial charge in [-0.2, -0.15) is 0 Å². The molecule has 2 unspecified atom stereocenters. The van der Waals surface area contributed by atoms with Crippen molar-refractivity contribution in [3.05, 3.63) is 47.0 Å². The largest absolute Gasteiger partial charge is 0.507 e. The van der Waals surface area contributed by atoms with Gasteiger partial charge in [0, 0.05) is 23.2 Å². The number of aromatic hydroxyl groups is 1. The number of hydrogen-bond acceptors (Lipinski definition) is 5. The zero-order valence-corrected chi connectivity index (χ0v) is 19.4. The van der Waals surface area contributed by atoms with Gasteiger partial charge >= 0.3 is 0 Å². The second-order valence-corrected chi connectivity index (χ2v) is 8.42. The van der Waals surface area contributed by atoms with Gasteiger partial charge in [-0.15, -0.1) is 0 Å². The van der Waals surface area contributed by atoms with Gasteiger partial charge in [-0.05, 0) is 69.0 Å². The standard InChI is InChI=1S/C26H31NO4/c1-14-11-20(30-6)24-18(9-8-10-19(24)29-5)22(14)25-21(31-7)13-17-12-15(2)27(4)16(3)23(17)26(25)28/h8-11,13,15-16,28H,12H2,1-7H3. The van der Waals surface area contributed by atoms with Crippen LogP contribution in [0.4, 0.5) is 0 Å². The number of fused-ring (bicyclic) bond motifs is 2. The first-order chi connectivity index (χ1) is 14.8. The maximum absolute atomic E-state index is 11.6. The Hall–Kier alpha value is -2.92. The first kappa shape index (κ1) is 21.3. The molecule has 1 aliphatic rings. The van der Waals surface area contributed by atoms with E-state index in [1.54, 1.807) is 21.3 Å². The molecule has 2 atom stereocenters. The van der Waals surface area contributed by atoms with E-state index in [0.29, 0.717) is 11.8 Å². The Kier molecular flexibility index (Phi) is 5.48. The predicted molar refractivity (Wildman–Crippen MR) is 125 cm³/mol. The van der Waals surface area contributed by atoms with Crippen LogP contribution in [0.3, 0.4) is 0 Å². The normalized spacial score (nSPS) is 18.7. The molecule has 0 aliphatic carbocycles. The number of rotatable bonds is 4. The lowest BCUT2D eigenvalue weighted by Gasteiger charge is -2.38. The lowest BCUT2D eigenvalue weighted by molar-refractivity contribution is 0.176. The van der Waals surface area contributed by atoms with Crippen molar-refractivity contribution in [1.82, 2.24) is 4.90 Å². The number of aryl methyl sites for hydroxylation is 1. The van der Waals surface area contributed by atoms with Gasteiger partial charge in [-0.25, -0.2) is 0 Å². The molecule has 164 valence electrons. The Morgan fingerprint density at radius 3 is 2.26 bits per heavy atom. The molecule has 0 radical (unpaired) electrons. The van der Waals surface area contributed by atoms with Crippen LogP contribution in [0.2, 0.25) is 0 Å². The highest BCUT2D eigenvalue weighted by Crippen LogP contribution is 2.51. The highest BCUT2D eigenvalue weighted by molar-refractivity contribution is 6.07. The van der Waals surface area contributed by atoms with Gasteiger partial charge < -0.3 is 19.3 Å². The third-order valence-electron chi connectivity index (χ3n) is 6.82. The third kappa shape index (κ3) is 3.19. The summed E-state index contributed by atoms with van der Waals surface area (Å²) in [5, 5.41) is 13.5. The summed E-state index contributed by atoms with van der Waals surface area (Å²) < 4.78 is 17.1. The Balaban J connectivity index is 2.11. The number of ether oxygens (including phenoxy) is 3. The first-order valence-corrected chi connectivity index (χ1v) is 10.6. The molecule has 1 N–H and O–H groups in total. The minimum Gasteiger partial charge on any atom is -0.507 e. The van der Waals surface area contributed by atoms with E-state index in [2.05, 4.69) is 31.9 Å². The quantitative estimate of drug-likeness (QED) is 0.604. The second-order valence-electron chi connectivity index (χ2n) is 8.42. The van der Waals surface area contributed by atoms with Gasteiger partial charge in [0.1, 0.15) is 23.0 Å². The van der Waals surface area contributed by atoms with Crippen LogP contribution in [0.1, 0.15) is 36.6 Å². The van der Waals surface area contributed by atoms with E-state index in [1.165, 1.54) is 0 Å². The third-order valence-corrected chi connectivity index (χ3v) is 6.82. The Bertz CT molecular complexity index is 1150. The zero-order chi connectivity index (χ0) is 22.4. The molecule has 0 amide bonds. The average molecular weight is 422 g/mol. The van der Waals surface area contributed by atoms with E-state index in [9.17, 15) is 5.11 Å². The topological polar surface area (TPSA) is 51.2 Å². The van der Waals surface area contributed by atoms with E-state index in [0.717, 1.165) is 56.5 Å². The molecule has 3 aromatic carbocycles. The summed E-state index contributed by atoms with van der Waals surface area (Å²) in [6.45, 7) is 6.39. The van der Waals surface area contributed by atoms with Gasteiger partial charge in [0.15, 0.2) is 0 Å².